The summed E-state index contributed by atoms with van der Waals surface area (Å²) >= 11 is 0. The van der Waals surface area contributed by atoms with Crippen molar-refractivity contribution in [2.75, 3.05) is 11.9 Å². The van der Waals surface area contributed by atoms with Crippen molar-refractivity contribution in [2.45, 2.75) is 6.42 Å². The second kappa shape index (κ2) is 6.60. The van der Waals surface area contributed by atoms with Crippen LogP contribution in [-0.2, 0) is 6.42 Å². The van der Waals surface area contributed by atoms with E-state index in [2.05, 4.69) is 10.6 Å². The zero-order valence-corrected chi connectivity index (χ0v) is 11.1. The van der Waals surface area contributed by atoms with Crippen LogP contribution in [0.3, 0.4) is 0 Å². The summed E-state index contributed by atoms with van der Waals surface area (Å²) in [5.41, 5.74) is 0.869. The van der Waals surface area contributed by atoms with Crippen LogP contribution in [0.2, 0.25) is 0 Å². The predicted octanol–water partition coefficient (Wildman–Crippen LogP) is 2.60. The first-order chi connectivity index (χ1) is 10.1. The highest BCUT2D eigenvalue weighted by Crippen LogP contribution is 2.24. The van der Waals surface area contributed by atoms with E-state index >= 15 is 0 Å². The van der Waals surface area contributed by atoms with Gasteiger partial charge in [0.15, 0.2) is 11.5 Å². The van der Waals surface area contributed by atoms with E-state index in [1.54, 1.807) is 12.1 Å². The van der Waals surface area contributed by atoms with Crippen LogP contribution in [0.5, 0.6) is 11.5 Å². The van der Waals surface area contributed by atoms with Crippen LogP contribution in [0.1, 0.15) is 5.56 Å². The second-order valence-corrected chi connectivity index (χ2v) is 4.43. The van der Waals surface area contributed by atoms with E-state index in [9.17, 15) is 19.4 Å². The molecule has 110 valence electrons. The molecule has 0 unspecified atom stereocenters. The van der Waals surface area contributed by atoms with Crippen molar-refractivity contribution in [1.29, 1.82) is 0 Å². The van der Waals surface area contributed by atoms with Crippen molar-refractivity contribution < 1.29 is 19.4 Å². The average Bonchev–Trinajstić information content (AvgIpc) is 2.45. The zero-order chi connectivity index (χ0) is 15.2. The Kier molecular flexibility index (Phi) is 4.61. The maximum Gasteiger partial charge on any atom is 0.319 e. The average molecular weight is 290 g/mol. The molecule has 0 atom stereocenters. The van der Waals surface area contributed by atoms with Gasteiger partial charge in [-0.15, -0.1) is 0 Å². The Bertz CT molecular complexity index is 647. The zero-order valence-electron chi connectivity index (χ0n) is 11.1. The molecule has 0 aromatic heterocycles. The van der Waals surface area contributed by atoms with Crippen LogP contribution in [-0.4, -0.2) is 22.8 Å². The van der Waals surface area contributed by atoms with Gasteiger partial charge in [-0.05, 0) is 36.2 Å². The molecule has 2 aromatic carbocycles. The molecule has 0 radical (unpaired) electrons. The van der Waals surface area contributed by atoms with Gasteiger partial charge in [0.05, 0.1) is 5.69 Å². The van der Waals surface area contributed by atoms with Crippen molar-refractivity contribution in [1.82, 2.24) is 5.32 Å². The number of anilines is 1. The van der Waals surface area contributed by atoms with E-state index in [-0.39, 0.29) is 17.2 Å². The summed E-state index contributed by atoms with van der Waals surface area (Å²) in [4.78, 5) is 11.6. The molecule has 0 fully saturated rings. The molecule has 2 amide bonds. The molecule has 0 aliphatic carbocycles. The summed E-state index contributed by atoms with van der Waals surface area (Å²) in [6, 6.07) is 9.82. The Morgan fingerprint density at radius 1 is 1.10 bits per heavy atom. The van der Waals surface area contributed by atoms with Crippen molar-refractivity contribution in [2.24, 2.45) is 0 Å². The van der Waals surface area contributed by atoms with E-state index in [1.165, 1.54) is 30.3 Å². The van der Waals surface area contributed by atoms with Gasteiger partial charge >= 0.3 is 6.03 Å². The number of urea groups is 1. The first-order valence-corrected chi connectivity index (χ1v) is 6.36. The highest BCUT2D eigenvalue weighted by atomic mass is 19.1. The van der Waals surface area contributed by atoms with Gasteiger partial charge in [-0.25, -0.2) is 9.18 Å². The van der Waals surface area contributed by atoms with Crippen molar-refractivity contribution in [3.05, 3.63) is 53.8 Å². The Hall–Kier alpha value is -2.76. The number of aromatic hydroxyl groups is 2. The van der Waals surface area contributed by atoms with Crippen molar-refractivity contribution in [3.63, 3.8) is 0 Å². The van der Waals surface area contributed by atoms with E-state index < -0.39 is 11.8 Å². The Labute approximate surface area is 121 Å². The van der Waals surface area contributed by atoms with Gasteiger partial charge < -0.3 is 20.8 Å². The molecular weight excluding hydrogens is 275 g/mol. The maximum absolute atomic E-state index is 13.3. The van der Waals surface area contributed by atoms with Crippen molar-refractivity contribution >= 4 is 11.7 Å². The molecule has 21 heavy (non-hydrogen) atoms. The normalized spacial score (nSPS) is 10.1. The fourth-order valence-corrected chi connectivity index (χ4v) is 1.77. The minimum atomic E-state index is -0.511. The first-order valence-electron chi connectivity index (χ1n) is 6.36. The van der Waals surface area contributed by atoms with Gasteiger partial charge in [-0.2, -0.15) is 0 Å². The number of phenols is 2. The smallest absolute Gasteiger partial charge is 0.319 e. The fraction of sp³-hybridized carbons (Fsp3) is 0.133. The third-order valence-corrected chi connectivity index (χ3v) is 2.86. The number of rotatable bonds is 4. The van der Waals surface area contributed by atoms with Crippen LogP contribution >= 0.6 is 0 Å². The predicted molar refractivity (Wildman–Crippen MR) is 76.9 cm³/mol. The number of para-hydroxylation sites is 1. The number of hydrogen-bond donors (Lipinski definition) is 4. The number of carbonyl (C=O) groups is 1. The number of phenolic OH excluding ortho intramolecular Hbond substituents is 2. The minimum Gasteiger partial charge on any atom is -0.504 e. The van der Waals surface area contributed by atoms with Crippen LogP contribution in [0, 0.1) is 5.82 Å². The van der Waals surface area contributed by atoms with Gasteiger partial charge in [-0.1, -0.05) is 18.2 Å². The number of nitrogens with one attached hydrogen (secondary N) is 2. The van der Waals surface area contributed by atoms with E-state index in [0.717, 1.165) is 5.56 Å². The molecule has 0 heterocycles. The molecule has 0 spiro atoms. The minimum absolute atomic E-state index is 0.109. The summed E-state index contributed by atoms with van der Waals surface area (Å²) < 4.78 is 13.3. The molecule has 2 rings (SSSR count). The summed E-state index contributed by atoms with van der Waals surface area (Å²) in [5.74, 6) is -0.900. The highest BCUT2D eigenvalue weighted by molar-refractivity contribution is 5.89. The number of hydrogen-bond acceptors (Lipinski definition) is 3. The summed E-state index contributed by atoms with van der Waals surface area (Å²) in [7, 11) is 0. The maximum atomic E-state index is 13.3. The quantitative estimate of drug-likeness (QED) is 0.653. The molecular formula is C15H15FN2O3. The molecule has 0 bridgehead atoms. The molecule has 0 aliphatic rings. The standard InChI is InChI=1S/C15H15FN2O3/c16-11-3-1-2-4-12(11)18-15(21)17-8-7-10-5-6-13(19)14(20)9-10/h1-6,9,19-20H,7-8H2,(H2,17,18,21). The van der Waals surface area contributed by atoms with E-state index in [1.807, 2.05) is 0 Å². The lowest BCUT2D eigenvalue weighted by atomic mass is 10.1. The molecule has 0 saturated heterocycles. The Morgan fingerprint density at radius 3 is 2.57 bits per heavy atom. The van der Waals surface area contributed by atoms with Gasteiger partial charge in [0.2, 0.25) is 0 Å². The molecule has 4 N–H and O–H groups in total. The number of halogens is 1. The SMILES string of the molecule is O=C(NCCc1ccc(O)c(O)c1)Nc1ccccc1F. The van der Waals surface area contributed by atoms with Gasteiger partial charge in [-0.3, -0.25) is 0 Å². The summed E-state index contributed by atoms with van der Waals surface area (Å²) in [5, 5.41) is 23.5. The number of benzene rings is 2. The number of amides is 2. The molecule has 0 saturated carbocycles. The first kappa shape index (κ1) is 14.6. The third-order valence-electron chi connectivity index (χ3n) is 2.86. The summed E-state index contributed by atoms with van der Waals surface area (Å²) in [6.07, 6.45) is 0.471. The van der Waals surface area contributed by atoms with E-state index in [0.29, 0.717) is 13.0 Å². The molecule has 0 aliphatic heterocycles. The number of carbonyl (C=O) groups excluding carboxylic acids is 1. The van der Waals surface area contributed by atoms with Gasteiger partial charge in [0, 0.05) is 6.54 Å². The van der Waals surface area contributed by atoms with Crippen molar-refractivity contribution in [3.8, 4) is 11.5 Å². The Balaban J connectivity index is 1.82. The van der Waals surface area contributed by atoms with Gasteiger partial charge in [0.1, 0.15) is 5.82 Å². The van der Waals surface area contributed by atoms with Crippen LogP contribution in [0.4, 0.5) is 14.9 Å². The lowest BCUT2D eigenvalue weighted by molar-refractivity contribution is 0.252. The van der Waals surface area contributed by atoms with E-state index in [4.69, 9.17) is 0 Å². The highest BCUT2D eigenvalue weighted by Gasteiger charge is 2.06. The van der Waals surface area contributed by atoms with Crippen LogP contribution in [0.15, 0.2) is 42.5 Å². The largest absolute Gasteiger partial charge is 0.504 e. The van der Waals surface area contributed by atoms with Gasteiger partial charge in [0.25, 0.3) is 0 Å². The molecule has 2 aromatic rings. The third kappa shape index (κ3) is 4.10. The second-order valence-electron chi connectivity index (χ2n) is 4.43. The summed E-state index contributed by atoms with van der Waals surface area (Å²) in [6.45, 7) is 0.310. The molecule has 5 nitrogen and oxygen atoms in total. The molecule has 6 heteroatoms. The van der Waals surface area contributed by atoms with Crippen LogP contribution in [0.25, 0.3) is 0 Å². The topological polar surface area (TPSA) is 81.6 Å². The Morgan fingerprint density at radius 2 is 1.86 bits per heavy atom. The van der Waals surface area contributed by atoms with Crippen LogP contribution < -0.4 is 10.6 Å². The lowest BCUT2D eigenvalue weighted by Crippen LogP contribution is -2.30. The lowest BCUT2D eigenvalue weighted by Gasteiger charge is -2.08. The fourth-order valence-electron chi connectivity index (χ4n) is 1.77. The monoisotopic (exact) mass is 290 g/mol.